The number of hydrogen-bond donors (Lipinski definition) is 7. The van der Waals surface area contributed by atoms with E-state index in [0.29, 0.717) is 16.6 Å². The molecule has 0 unspecified atom stereocenters. The lowest BCUT2D eigenvalue weighted by Gasteiger charge is -2.40. The molecule has 1 aliphatic heterocycles. The van der Waals surface area contributed by atoms with E-state index in [1.54, 1.807) is 30.6 Å². The molecule has 164 valence electrons. The standard InChI is InChI=1S/C21H22N2O8/c24-8-15-18(28)19(29)20(30)21(31-15)16-14(26)7-13(25)10(17(16)27)5-9-1-2-11-12(6-9)23-4-3-22-11/h1-4,6-7,15,18-21,24-30H,5,8H2/t15-,18-,19+,20-,21+/m1/s1. The van der Waals surface area contributed by atoms with Gasteiger partial charge in [-0.25, -0.2) is 0 Å². The van der Waals surface area contributed by atoms with Crippen LogP contribution in [0.1, 0.15) is 22.8 Å². The lowest BCUT2D eigenvalue weighted by Crippen LogP contribution is -2.55. The summed E-state index contributed by atoms with van der Waals surface area (Å²) in [5.74, 6) is -1.50. The second-order valence-corrected chi connectivity index (χ2v) is 7.46. The van der Waals surface area contributed by atoms with Crippen molar-refractivity contribution in [3.63, 3.8) is 0 Å². The maximum Gasteiger partial charge on any atom is 0.132 e. The quantitative estimate of drug-likeness (QED) is 0.295. The van der Waals surface area contributed by atoms with Crippen LogP contribution in [0.5, 0.6) is 17.2 Å². The van der Waals surface area contributed by atoms with Gasteiger partial charge in [0.2, 0.25) is 0 Å². The van der Waals surface area contributed by atoms with E-state index < -0.39 is 48.6 Å². The van der Waals surface area contributed by atoms with E-state index in [0.717, 1.165) is 6.07 Å². The van der Waals surface area contributed by atoms with Crippen LogP contribution in [0.15, 0.2) is 36.7 Å². The van der Waals surface area contributed by atoms with E-state index in [-0.39, 0.29) is 23.3 Å². The topological polar surface area (TPSA) is 177 Å². The number of nitrogens with zero attached hydrogens (tertiary/aromatic N) is 2. The first-order valence-corrected chi connectivity index (χ1v) is 9.58. The first kappa shape index (κ1) is 21.2. The zero-order valence-electron chi connectivity index (χ0n) is 16.2. The van der Waals surface area contributed by atoms with Crippen LogP contribution in [-0.4, -0.2) is 76.7 Å². The number of benzene rings is 2. The zero-order chi connectivity index (χ0) is 22.3. The molecular formula is C21H22N2O8. The van der Waals surface area contributed by atoms with E-state index in [1.807, 2.05) is 0 Å². The average molecular weight is 430 g/mol. The predicted molar refractivity (Wildman–Crippen MR) is 107 cm³/mol. The molecule has 0 radical (unpaired) electrons. The van der Waals surface area contributed by atoms with E-state index in [9.17, 15) is 35.7 Å². The molecule has 10 heteroatoms. The highest BCUT2D eigenvalue weighted by atomic mass is 16.5. The minimum Gasteiger partial charge on any atom is -0.507 e. The number of aromatic nitrogens is 2. The number of aliphatic hydroxyl groups is 4. The third-order valence-corrected chi connectivity index (χ3v) is 5.49. The summed E-state index contributed by atoms with van der Waals surface area (Å²) >= 11 is 0. The molecule has 0 amide bonds. The number of ether oxygens (including phenoxy) is 1. The second-order valence-electron chi connectivity index (χ2n) is 7.46. The van der Waals surface area contributed by atoms with Crippen LogP contribution < -0.4 is 0 Å². The van der Waals surface area contributed by atoms with Crippen molar-refractivity contribution >= 4 is 11.0 Å². The molecule has 5 atom stereocenters. The zero-order valence-corrected chi connectivity index (χ0v) is 16.2. The van der Waals surface area contributed by atoms with Crippen LogP contribution >= 0.6 is 0 Å². The summed E-state index contributed by atoms with van der Waals surface area (Å²) in [4.78, 5) is 8.41. The molecule has 31 heavy (non-hydrogen) atoms. The van der Waals surface area contributed by atoms with Crippen LogP contribution in [0.3, 0.4) is 0 Å². The van der Waals surface area contributed by atoms with Gasteiger partial charge in [0.15, 0.2) is 0 Å². The number of phenols is 3. The number of aromatic hydroxyl groups is 3. The van der Waals surface area contributed by atoms with Crippen molar-refractivity contribution in [2.75, 3.05) is 6.61 Å². The highest BCUT2D eigenvalue weighted by molar-refractivity contribution is 5.74. The van der Waals surface area contributed by atoms with Gasteiger partial charge in [0.25, 0.3) is 0 Å². The summed E-state index contributed by atoms with van der Waals surface area (Å²) in [6.07, 6.45) is -4.51. The first-order valence-electron chi connectivity index (χ1n) is 9.58. The minimum absolute atomic E-state index is 0.0491. The van der Waals surface area contributed by atoms with Crippen molar-refractivity contribution in [2.45, 2.75) is 36.9 Å². The van der Waals surface area contributed by atoms with Gasteiger partial charge in [0, 0.05) is 30.4 Å². The van der Waals surface area contributed by atoms with Crippen molar-refractivity contribution < 1.29 is 40.5 Å². The molecule has 10 nitrogen and oxygen atoms in total. The summed E-state index contributed by atoms with van der Waals surface area (Å²) in [6, 6.07) is 6.22. The van der Waals surface area contributed by atoms with Crippen LogP contribution in [0.4, 0.5) is 0 Å². The Morgan fingerprint density at radius 3 is 2.26 bits per heavy atom. The van der Waals surface area contributed by atoms with E-state index in [4.69, 9.17) is 4.74 Å². The highest BCUT2D eigenvalue weighted by Gasteiger charge is 2.46. The summed E-state index contributed by atoms with van der Waals surface area (Å²) in [5, 5.41) is 71.4. The van der Waals surface area contributed by atoms with Crippen molar-refractivity contribution in [3.8, 4) is 17.2 Å². The molecule has 1 fully saturated rings. The van der Waals surface area contributed by atoms with Gasteiger partial charge in [-0.2, -0.15) is 0 Å². The Kier molecular flexibility index (Phi) is 5.65. The summed E-state index contributed by atoms with van der Waals surface area (Å²) in [7, 11) is 0. The molecule has 1 aliphatic rings. The maximum atomic E-state index is 10.9. The number of aliphatic hydroxyl groups excluding tert-OH is 4. The Hall–Kier alpha value is -3.02. The second kappa shape index (κ2) is 8.25. The highest BCUT2D eigenvalue weighted by Crippen LogP contribution is 2.46. The van der Waals surface area contributed by atoms with Gasteiger partial charge in [0.05, 0.1) is 23.2 Å². The molecular weight excluding hydrogens is 408 g/mol. The Morgan fingerprint density at radius 1 is 0.839 bits per heavy atom. The molecule has 3 aromatic rings. The van der Waals surface area contributed by atoms with Crippen molar-refractivity contribution in [3.05, 3.63) is 53.3 Å². The number of hydrogen-bond acceptors (Lipinski definition) is 10. The fourth-order valence-electron chi connectivity index (χ4n) is 3.82. The first-order chi connectivity index (χ1) is 14.8. The molecule has 2 aromatic carbocycles. The molecule has 1 saturated heterocycles. The monoisotopic (exact) mass is 430 g/mol. The number of rotatable bonds is 4. The van der Waals surface area contributed by atoms with Gasteiger partial charge in [-0.15, -0.1) is 0 Å². The SMILES string of the molecule is OC[C@H]1O[C@@H](c2c(O)cc(O)c(Cc3ccc4nccnc4c3)c2O)[C@H](O)[C@@H](O)[C@@H]1O. The molecule has 0 bridgehead atoms. The average Bonchev–Trinajstić information content (AvgIpc) is 2.76. The predicted octanol–water partition coefficient (Wildman–Crippen LogP) is -0.148. The maximum absolute atomic E-state index is 10.9. The summed E-state index contributed by atoms with van der Waals surface area (Å²) in [5.41, 5.74) is 1.75. The van der Waals surface area contributed by atoms with E-state index in [1.165, 1.54) is 0 Å². The van der Waals surface area contributed by atoms with Gasteiger partial charge < -0.3 is 40.5 Å². The van der Waals surface area contributed by atoms with Gasteiger partial charge >= 0.3 is 0 Å². The van der Waals surface area contributed by atoms with Crippen LogP contribution in [0, 0.1) is 0 Å². The third-order valence-electron chi connectivity index (χ3n) is 5.49. The van der Waals surface area contributed by atoms with Crippen LogP contribution in [0.25, 0.3) is 11.0 Å². The Labute approximate surface area is 176 Å². The molecule has 2 heterocycles. The van der Waals surface area contributed by atoms with Crippen molar-refractivity contribution in [2.24, 2.45) is 0 Å². The van der Waals surface area contributed by atoms with Gasteiger partial charge in [-0.3, -0.25) is 9.97 Å². The number of fused-ring (bicyclic) bond motifs is 1. The van der Waals surface area contributed by atoms with E-state index in [2.05, 4.69) is 9.97 Å². The smallest absolute Gasteiger partial charge is 0.132 e. The summed E-state index contributed by atoms with van der Waals surface area (Å²) in [6.45, 7) is -0.661. The third kappa shape index (κ3) is 3.75. The van der Waals surface area contributed by atoms with E-state index >= 15 is 0 Å². The Morgan fingerprint density at radius 2 is 1.55 bits per heavy atom. The Balaban J connectivity index is 1.74. The van der Waals surface area contributed by atoms with Crippen molar-refractivity contribution in [1.29, 1.82) is 0 Å². The number of phenolic OH excluding ortho intramolecular Hbond substituents is 3. The molecule has 0 aliphatic carbocycles. The van der Waals surface area contributed by atoms with Gasteiger partial charge in [-0.1, -0.05) is 6.07 Å². The Bertz CT molecular complexity index is 1110. The lowest BCUT2D eigenvalue weighted by molar-refractivity contribution is -0.232. The van der Waals surface area contributed by atoms with Gasteiger partial charge in [-0.05, 0) is 17.7 Å². The van der Waals surface area contributed by atoms with Crippen molar-refractivity contribution in [1.82, 2.24) is 9.97 Å². The summed E-state index contributed by atoms with van der Waals surface area (Å²) < 4.78 is 5.45. The fraction of sp³-hybridized carbons (Fsp3) is 0.333. The normalized spacial score (nSPS) is 26.3. The molecule has 0 spiro atoms. The molecule has 0 saturated carbocycles. The molecule has 4 rings (SSSR count). The largest absolute Gasteiger partial charge is 0.507 e. The van der Waals surface area contributed by atoms with Crippen LogP contribution in [-0.2, 0) is 11.2 Å². The minimum atomic E-state index is -1.71. The van der Waals surface area contributed by atoms with Gasteiger partial charge in [0.1, 0.15) is 47.8 Å². The molecule has 1 aromatic heterocycles. The fourth-order valence-corrected chi connectivity index (χ4v) is 3.82. The lowest BCUT2D eigenvalue weighted by atomic mass is 9.88. The molecule has 7 N–H and O–H groups in total. The van der Waals surface area contributed by atoms with Crippen LogP contribution in [0.2, 0.25) is 0 Å².